The number of carbonyl (C=O) groups is 2. The summed E-state index contributed by atoms with van der Waals surface area (Å²) in [5.74, 6) is -0.482. The summed E-state index contributed by atoms with van der Waals surface area (Å²) < 4.78 is 0. The Morgan fingerprint density at radius 3 is 2.27 bits per heavy atom. The average molecular weight is 348 g/mol. The van der Waals surface area contributed by atoms with Crippen molar-refractivity contribution in [3.63, 3.8) is 0 Å². The van der Waals surface area contributed by atoms with Crippen molar-refractivity contribution >= 4 is 23.1 Å². The van der Waals surface area contributed by atoms with Crippen molar-refractivity contribution in [2.24, 2.45) is 0 Å². The number of imide groups is 1. The first kappa shape index (κ1) is 17.9. The number of hydrogen-bond donors (Lipinski definition) is 1. The molecule has 0 fully saturated rings. The van der Waals surface area contributed by atoms with Crippen molar-refractivity contribution in [1.82, 2.24) is 4.90 Å². The molecule has 2 amide bonds. The SMILES string of the molecule is CCCN1C(=O)C(Nc2ccccc2C)=C(c2ccc(C)c(C)c2)C1=O. The van der Waals surface area contributed by atoms with Crippen LogP contribution >= 0.6 is 0 Å². The standard InChI is InChI=1S/C22H24N2O2/c1-5-12-24-21(25)19(17-11-10-14(2)16(4)13-17)20(22(24)26)23-18-9-7-6-8-15(18)3/h6-11,13,23H,5,12H2,1-4H3. The number of nitrogens with zero attached hydrogens (tertiary/aromatic N) is 1. The quantitative estimate of drug-likeness (QED) is 0.823. The Balaban J connectivity index is 2.12. The Morgan fingerprint density at radius 1 is 0.885 bits per heavy atom. The molecule has 1 heterocycles. The summed E-state index contributed by atoms with van der Waals surface area (Å²) in [6.45, 7) is 8.40. The molecule has 0 saturated carbocycles. The number of anilines is 1. The van der Waals surface area contributed by atoms with Gasteiger partial charge >= 0.3 is 0 Å². The van der Waals surface area contributed by atoms with Gasteiger partial charge in [0.25, 0.3) is 11.8 Å². The Labute approximate surface area is 154 Å². The molecule has 0 spiro atoms. The van der Waals surface area contributed by atoms with Crippen LogP contribution in [0.4, 0.5) is 5.69 Å². The highest BCUT2D eigenvalue weighted by Crippen LogP contribution is 2.32. The van der Waals surface area contributed by atoms with Crippen LogP contribution in [0.3, 0.4) is 0 Å². The van der Waals surface area contributed by atoms with Gasteiger partial charge < -0.3 is 5.32 Å². The predicted octanol–water partition coefficient (Wildman–Crippen LogP) is 4.21. The minimum absolute atomic E-state index is 0.226. The molecule has 1 aliphatic heterocycles. The number of hydrogen-bond acceptors (Lipinski definition) is 3. The lowest BCUT2D eigenvalue weighted by molar-refractivity contribution is -0.136. The molecule has 4 heteroatoms. The van der Waals surface area contributed by atoms with Gasteiger partial charge in [-0.05, 0) is 55.5 Å². The number of carbonyl (C=O) groups excluding carboxylic acids is 2. The molecule has 3 rings (SSSR count). The molecule has 2 aromatic rings. The third-order valence-electron chi connectivity index (χ3n) is 4.82. The highest BCUT2D eigenvalue weighted by molar-refractivity contribution is 6.36. The lowest BCUT2D eigenvalue weighted by atomic mass is 9.99. The van der Waals surface area contributed by atoms with Crippen LogP contribution in [0, 0.1) is 20.8 Å². The van der Waals surface area contributed by atoms with Gasteiger partial charge in [-0.15, -0.1) is 0 Å². The number of nitrogens with one attached hydrogen (secondary N) is 1. The van der Waals surface area contributed by atoms with Crippen molar-refractivity contribution in [1.29, 1.82) is 0 Å². The van der Waals surface area contributed by atoms with Crippen LogP contribution in [0.2, 0.25) is 0 Å². The fourth-order valence-electron chi connectivity index (χ4n) is 3.13. The van der Waals surface area contributed by atoms with Crippen molar-refractivity contribution < 1.29 is 9.59 Å². The Hall–Kier alpha value is -2.88. The van der Waals surface area contributed by atoms with Crippen molar-refractivity contribution in [3.05, 3.63) is 70.4 Å². The second kappa shape index (κ2) is 7.16. The second-order valence-corrected chi connectivity index (χ2v) is 6.75. The van der Waals surface area contributed by atoms with E-state index in [-0.39, 0.29) is 11.8 Å². The van der Waals surface area contributed by atoms with Crippen LogP contribution in [-0.2, 0) is 9.59 Å². The van der Waals surface area contributed by atoms with Crippen LogP contribution in [0.25, 0.3) is 5.57 Å². The minimum Gasteiger partial charge on any atom is -0.350 e. The molecule has 134 valence electrons. The number of rotatable bonds is 5. The lowest BCUT2D eigenvalue weighted by Gasteiger charge is -2.14. The van der Waals surface area contributed by atoms with Crippen molar-refractivity contribution in [2.75, 3.05) is 11.9 Å². The molecule has 0 aromatic heterocycles. The van der Waals surface area contributed by atoms with Crippen LogP contribution in [0.1, 0.15) is 35.6 Å². The Morgan fingerprint density at radius 2 is 1.62 bits per heavy atom. The molecule has 0 aliphatic carbocycles. The van der Waals surface area contributed by atoms with Gasteiger partial charge in [0.1, 0.15) is 5.70 Å². The highest BCUT2D eigenvalue weighted by Gasteiger charge is 2.38. The summed E-state index contributed by atoms with van der Waals surface area (Å²) in [6, 6.07) is 13.6. The third kappa shape index (κ3) is 3.15. The van der Waals surface area contributed by atoms with E-state index in [1.807, 2.05) is 70.2 Å². The number of aryl methyl sites for hydroxylation is 3. The first-order chi connectivity index (χ1) is 12.4. The molecule has 0 bridgehead atoms. The van der Waals surface area contributed by atoms with Gasteiger partial charge in [-0.2, -0.15) is 0 Å². The monoisotopic (exact) mass is 348 g/mol. The molecular formula is C22H24N2O2. The maximum atomic E-state index is 13.0. The second-order valence-electron chi connectivity index (χ2n) is 6.75. The zero-order valence-electron chi connectivity index (χ0n) is 15.7. The topological polar surface area (TPSA) is 49.4 Å². The normalized spacial score (nSPS) is 14.4. The lowest BCUT2D eigenvalue weighted by Crippen LogP contribution is -2.33. The maximum absolute atomic E-state index is 13.0. The molecule has 0 unspecified atom stereocenters. The zero-order valence-corrected chi connectivity index (χ0v) is 15.7. The van der Waals surface area contributed by atoms with Gasteiger partial charge in [0.05, 0.1) is 5.57 Å². The van der Waals surface area contributed by atoms with Gasteiger partial charge in [-0.3, -0.25) is 14.5 Å². The Bertz CT molecular complexity index is 912. The van der Waals surface area contributed by atoms with Gasteiger partial charge in [0.2, 0.25) is 0 Å². The smallest absolute Gasteiger partial charge is 0.278 e. The van der Waals surface area contributed by atoms with Crippen LogP contribution in [0.15, 0.2) is 48.2 Å². The third-order valence-corrected chi connectivity index (χ3v) is 4.82. The summed E-state index contributed by atoms with van der Waals surface area (Å²) in [5, 5.41) is 3.23. The van der Waals surface area contributed by atoms with Crippen molar-refractivity contribution in [3.8, 4) is 0 Å². The van der Waals surface area contributed by atoms with E-state index in [2.05, 4.69) is 5.32 Å². The highest BCUT2D eigenvalue weighted by atomic mass is 16.2. The van der Waals surface area contributed by atoms with E-state index in [0.717, 1.165) is 34.4 Å². The van der Waals surface area contributed by atoms with Crippen molar-refractivity contribution in [2.45, 2.75) is 34.1 Å². The van der Waals surface area contributed by atoms with Gasteiger partial charge in [0, 0.05) is 12.2 Å². The summed E-state index contributed by atoms with van der Waals surface area (Å²) >= 11 is 0. The predicted molar refractivity (Wildman–Crippen MR) is 105 cm³/mol. The van der Waals surface area contributed by atoms with E-state index in [1.54, 1.807) is 0 Å². The van der Waals surface area contributed by atoms with E-state index < -0.39 is 0 Å². The molecule has 1 aliphatic rings. The van der Waals surface area contributed by atoms with E-state index in [9.17, 15) is 9.59 Å². The molecule has 0 radical (unpaired) electrons. The van der Waals surface area contributed by atoms with Crippen LogP contribution in [0.5, 0.6) is 0 Å². The molecule has 0 saturated heterocycles. The average Bonchev–Trinajstić information content (AvgIpc) is 2.84. The molecule has 2 aromatic carbocycles. The molecule has 0 atom stereocenters. The van der Waals surface area contributed by atoms with Gasteiger partial charge in [0.15, 0.2) is 0 Å². The minimum atomic E-state index is -0.256. The number of para-hydroxylation sites is 1. The van der Waals surface area contributed by atoms with E-state index in [1.165, 1.54) is 4.90 Å². The van der Waals surface area contributed by atoms with Crippen LogP contribution < -0.4 is 5.32 Å². The van der Waals surface area contributed by atoms with Gasteiger partial charge in [-0.1, -0.05) is 43.3 Å². The first-order valence-corrected chi connectivity index (χ1v) is 8.94. The molecule has 4 nitrogen and oxygen atoms in total. The Kier molecular flexibility index (Phi) is 4.94. The fourth-order valence-corrected chi connectivity index (χ4v) is 3.13. The largest absolute Gasteiger partial charge is 0.350 e. The summed E-state index contributed by atoms with van der Waals surface area (Å²) in [4.78, 5) is 27.3. The maximum Gasteiger partial charge on any atom is 0.278 e. The van der Waals surface area contributed by atoms with Gasteiger partial charge in [-0.25, -0.2) is 0 Å². The molecule has 26 heavy (non-hydrogen) atoms. The number of benzene rings is 2. The summed E-state index contributed by atoms with van der Waals surface area (Å²) in [6.07, 6.45) is 0.731. The summed E-state index contributed by atoms with van der Waals surface area (Å²) in [7, 11) is 0. The fraction of sp³-hybridized carbons (Fsp3) is 0.273. The molecular weight excluding hydrogens is 324 g/mol. The van der Waals surface area contributed by atoms with Crippen LogP contribution in [-0.4, -0.2) is 23.3 Å². The van der Waals surface area contributed by atoms with E-state index >= 15 is 0 Å². The molecule has 1 N–H and O–H groups in total. The first-order valence-electron chi connectivity index (χ1n) is 8.94. The zero-order chi connectivity index (χ0) is 18.8. The summed E-state index contributed by atoms with van der Waals surface area (Å²) in [5.41, 5.74) is 5.71. The number of amides is 2. The van der Waals surface area contributed by atoms with E-state index in [4.69, 9.17) is 0 Å². The van der Waals surface area contributed by atoms with E-state index in [0.29, 0.717) is 17.8 Å².